The lowest BCUT2D eigenvalue weighted by Gasteiger charge is -2.13. The van der Waals surface area contributed by atoms with Gasteiger partial charge in [0.05, 0.1) is 6.04 Å². The molecule has 2 N–H and O–H groups in total. The van der Waals surface area contributed by atoms with Crippen LogP contribution in [0.1, 0.15) is 24.0 Å². The summed E-state index contributed by atoms with van der Waals surface area (Å²) in [5.41, 5.74) is 3.15. The highest BCUT2D eigenvalue weighted by atomic mass is 35.5. The molecule has 1 atom stereocenters. The fourth-order valence-electron chi connectivity index (χ4n) is 2.73. The van der Waals surface area contributed by atoms with Gasteiger partial charge >= 0.3 is 0 Å². The molecule has 4 nitrogen and oxygen atoms in total. The Hall–Kier alpha value is -2.04. The number of anilines is 1. The van der Waals surface area contributed by atoms with Crippen molar-refractivity contribution >= 4 is 24.0 Å². The molecule has 1 aliphatic heterocycles. The van der Waals surface area contributed by atoms with Gasteiger partial charge in [0.25, 0.3) is 0 Å². The monoisotopic (exact) mass is 346 g/mol. The van der Waals surface area contributed by atoms with E-state index in [0.717, 1.165) is 36.4 Å². The number of benzene rings is 2. The van der Waals surface area contributed by atoms with E-state index in [1.807, 2.05) is 36.4 Å². The predicted octanol–water partition coefficient (Wildman–Crippen LogP) is 3.69. The van der Waals surface area contributed by atoms with Crippen LogP contribution in [0.15, 0.2) is 48.5 Å². The SMILES string of the molecule is Cc1ccccc1COc1cccc(NC(=O)C2CCCN2)c1.Cl. The van der Waals surface area contributed by atoms with E-state index in [1.165, 1.54) is 5.56 Å². The summed E-state index contributed by atoms with van der Waals surface area (Å²) >= 11 is 0. The molecule has 1 unspecified atom stereocenters. The van der Waals surface area contributed by atoms with Gasteiger partial charge in [-0.1, -0.05) is 30.3 Å². The van der Waals surface area contributed by atoms with Gasteiger partial charge in [-0.2, -0.15) is 0 Å². The van der Waals surface area contributed by atoms with Crippen LogP contribution in [0.3, 0.4) is 0 Å². The van der Waals surface area contributed by atoms with Crippen molar-refractivity contribution in [1.82, 2.24) is 5.32 Å². The molecule has 0 radical (unpaired) electrons. The molecule has 1 fully saturated rings. The topological polar surface area (TPSA) is 50.4 Å². The number of carbonyl (C=O) groups is 1. The minimum absolute atomic E-state index is 0. The fourth-order valence-corrected chi connectivity index (χ4v) is 2.73. The van der Waals surface area contributed by atoms with Crippen LogP contribution >= 0.6 is 12.4 Å². The quantitative estimate of drug-likeness (QED) is 0.868. The summed E-state index contributed by atoms with van der Waals surface area (Å²) in [7, 11) is 0. The van der Waals surface area contributed by atoms with Gasteiger partial charge in [-0.05, 0) is 49.6 Å². The number of halogens is 1. The zero-order chi connectivity index (χ0) is 16.1. The molecule has 0 aromatic heterocycles. The van der Waals surface area contributed by atoms with Crippen molar-refractivity contribution in [1.29, 1.82) is 0 Å². The first-order valence-electron chi connectivity index (χ1n) is 8.04. The Labute approximate surface area is 149 Å². The van der Waals surface area contributed by atoms with Gasteiger partial charge in [0.2, 0.25) is 5.91 Å². The van der Waals surface area contributed by atoms with Gasteiger partial charge in [0.1, 0.15) is 12.4 Å². The van der Waals surface area contributed by atoms with Crippen LogP contribution in [0.25, 0.3) is 0 Å². The van der Waals surface area contributed by atoms with E-state index in [9.17, 15) is 4.79 Å². The van der Waals surface area contributed by atoms with E-state index in [4.69, 9.17) is 4.74 Å². The molecule has 24 heavy (non-hydrogen) atoms. The zero-order valence-corrected chi connectivity index (χ0v) is 14.6. The Kier molecular flexibility index (Phi) is 6.64. The third kappa shape index (κ3) is 4.73. The Bertz CT molecular complexity index is 685. The Morgan fingerprint density at radius 1 is 1.25 bits per heavy atom. The molecule has 0 bridgehead atoms. The summed E-state index contributed by atoms with van der Waals surface area (Å²) < 4.78 is 5.85. The molecular formula is C19H23ClN2O2. The number of rotatable bonds is 5. The summed E-state index contributed by atoms with van der Waals surface area (Å²) in [4.78, 5) is 12.1. The molecule has 1 amide bonds. The van der Waals surface area contributed by atoms with Crippen LogP contribution in [0, 0.1) is 6.92 Å². The number of carbonyl (C=O) groups excluding carboxylic acids is 1. The van der Waals surface area contributed by atoms with Gasteiger partial charge in [0.15, 0.2) is 0 Å². The van der Waals surface area contributed by atoms with Gasteiger partial charge in [-0.3, -0.25) is 4.79 Å². The second kappa shape index (κ2) is 8.71. The van der Waals surface area contributed by atoms with Crippen LogP contribution in [0.4, 0.5) is 5.69 Å². The predicted molar refractivity (Wildman–Crippen MR) is 98.9 cm³/mol. The van der Waals surface area contributed by atoms with Gasteiger partial charge in [-0.15, -0.1) is 12.4 Å². The van der Waals surface area contributed by atoms with Crippen molar-refractivity contribution in [3.8, 4) is 5.75 Å². The van der Waals surface area contributed by atoms with E-state index in [1.54, 1.807) is 0 Å². The van der Waals surface area contributed by atoms with Crippen molar-refractivity contribution in [3.05, 3.63) is 59.7 Å². The summed E-state index contributed by atoms with van der Waals surface area (Å²) in [5, 5.41) is 6.15. The second-order valence-corrected chi connectivity index (χ2v) is 5.88. The summed E-state index contributed by atoms with van der Waals surface area (Å²) in [6, 6.07) is 15.6. The maximum atomic E-state index is 12.1. The highest BCUT2D eigenvalue weighted by molar-refractivity contribution is 5.95. The lowest BCUT2D eigenvalue weighted by Crippen LogP contribution is -2.35. The first-order chi connectivity index (χ1) is 11.2. The normalized spacial score (nSPS) is 16.3. The molecule has 0 spiro atoms. The molecule has 2 aromatic carbocycles. The molecular weight excluding hydrogens is 324 g/mol. The van der Waals surface area contributed by atoms with Gasteiger partial charge in [-0.25, -0.2) is 0 Å². The van der Waals surface area contributed by atoms with E-state index < -0.39 is 0 Å². The van der Waals surface area contributed by atoms with Crippen LogP contribution < -0.4 is 15.4 Å². The molecule has 128 valence electrons. The molecule has 5 heteroatoms. The third-order valence-corrected chi connectivity index (χ3v) is 4.13. The Balaban J connectivity index is 0.00000208. The van der Waals surface area contributed by atoms with E-state index >= 15 is 0 Å². The lowest BCUT2D eigenvalue weighted by molar-refractivity contribution is -0.117. The first-order valence-corrected chi connectivity index (χ1v) is 8.04. The van der Waals surface area contributed by atoms with Crippen molar-refractivity contribution in [2.75, 3.05) is 11.9 Å². The second-order valence-electron chi connectivity index (χ2n) is 5.88. The van der Waals surface area contributed by atoms with Crippen molar-refractivity contribution < 1.29 is 9.53 Å². The number of hydrogen-bond acceptors (Lipinski definition) is 3. The number of amides is 1. The summed E-state index contributed by atoms with van der Waals surface area (Å²) in [6.45, 7) is 3.51. The van der Waals surface area contributed by atoms with Crippen LogP contribution in [0.5, 0.6) is 5.75 Å². The van der Waals surface area contributed by atoms with Gasteiger partial charge in [0, 0.05) is 11.8 Å². The number of hydrogen-bond donors (Lipinski definition) is 2. The van der Waals surface area contributed by atoms with Crippen LogP contribution in [-0.2, 0) is 11.4 Å². The van der Waals surface area contributed by atoms with Gasteiger partial charge < -0.3 is 15.4 Å². The minimum Gasteiger partial charge on any atom is -0.489 e. The lowest BCUT2D eigenvalue weighted by atomic mass is 10.1. The molecule has 1 heterocycles. The highest BCUT2D eigenvalue weighted by Crippen LogP contribution is 2.20. The molecule has 0 saturated carbocycles. The zero-order valence-electron chi connectivity index (χ0n) is 13.7. The molecule has 0 aliphatic carbocycles. The molecule has 1 saturated heterocycles. The summed E-state index contributed by atoms with van der Waals surface area (Å²) in [6.07, 6.45) is 1.95. The maximum absolute atomic E-state index is 12.1. The number of ether oxygens (including phenoxy) is 1. The van der Waals surface area contributed by atoms with E-state index in [2.05, 4.69) is 29.7 Å². The molecule has 3 rings (SSSR count). The van der Waals surface area contributed by atoms with Crippen molar-refractivity contribution in [2.24, 2.45) is 0 Å². The minimum atomic E-state index is -0.0773. The highest BCUT2D eigenvalue weighted by Gasteiger charge is 2.21. The number of nitrogens with one attached hydrogen (secondary N) is 2. The van der Waals surface area contributed by atoms with E-state index in [0.29, 0.717) is 6.61 Å². The Morgan fingerprint density at radius 2 is 2.08 bits per heavy atom. The third-order valence-electron chi connectivity index (χ3n) is 4.13. The average Bonchev–Trinajstić information content (AvgIpc) is 3.09. The average molecular weight is 347 g/mol. The van der Waals surface area contributed by atoms with Crippen molar-refractivity contribution in [2.45, 2.75) is 32.4 Å². The van der Waals surface area contributed by atoms with E-state index in [-0.39, 0.29) is 24.4 Å². The standard InChI is InChI=1S/C19H22N2O2.ClH/c1-14-6-2-3-7-15(14)13-23-17-9-4-8-16(12-17)21-19(22)18-10-5-11-20-18;/h2-4,6-9,12,18,20H,5,10-11,13H2,1H3,(H,21,22);1H. The first kappa shape index (κ1) is 18.3. The largest absolute Gasteiger partial charge is 0.489 e. The Morgan fingerprint density at radius 3 is 2.83 bits per heavy atom. The van der Waals surface area contributed by atoms with Crippen molar-refractivity contribution in [3.63, 3.8) is 0 Å². The summed E-state index contributed by atoms with van der Waals surface area (Å²) in [5.74, 6) is 0.781. The molecule has 2 aromatic rings. The maximum Gasteiger partial charge on any atom is 0.241 e. The van der Waals surface area contributed by atoms with Crippen LogP contribution in [0.2, 0.25) is 0 Å². The van der Waals surface area contributed by atoms with Crippen LogP contribution in [-0.4, -0.2) is 18.5 Å². The fraction of sp³-hybridized carbons (Fsp3) is 0.316. The number of aryl methyl sites for hydroxylation is 1. The smallest absolute Gasteiger partial charge is 0.241 e. The molecule has 1 aliphatic rings.